The SMILES string of the molecule is COc1cc(C)c(S(=O)(=O)NCc2cn[nH]c2)c(C)c1. The molecular formula is C13H17N3O3S. The van der Waals surface area contributed by atoms with Crippen LogP contribution in [-0.4, -0.2) is 25.7 Å². The first-order chi connectivity index (χ1) is 9.44. The highest BCUT2D eigenvalue weighted by Gasteiger charge is 2.20. The molecule has 0 aliphatic heterocycles. The number of aromatic nitrogens is 2. The number of hydrogen-bond donors (Lipinski definition) is 2. The van der Waals surface area contributed by atoms with Gasteiger partial charge in [0.05, 0.1) is 18.2 Å². The molecule has 1 heterocycles. The van der Waals surface area contributed by atoms with Gasteiger partial charge in [0, 0.05) is 18.3 Å². The molecule has 1 aromatic heterocycles. The van der Waals surface area contributed by atoms with Crippen LogP contribution < -0.4 is 9.46 Å². The Bertz CT molecular complexity index is 671. The zero-order valence-corrected chi connectivity index (χ0v) is 12.4. The van der Waals surface area contributed by atoms with Gasteiger partial charge < -0.3 is 4.74 Å². The number of sulfonamides is 1. The molecule has 0 aliphatic carbocycles. The number of ether oxygens (including phenoxy) is 1. The lowest BCUT2D eigenvalue weighted by Gasteiger charge is -2.13. The van der Waals surface area contributed by atoms with E-state index in [1.54, 1.807) is 45.5 Å². The van der Waals surface area contributed by atoms with Crippen LogP contribution in [0.1, 0.15) is 16.7 Å². The first-order valence-corrected chi connectivity index (χ1v) is 7.55. The van der Waals surface area contributed by atoms with Crippen LogP contribution in [0.4, 0.5) is 0 Å². The molecule has 2 rings (SSSR count). The number of nitrogens with zero attached hydrogens (tertiary/aromatic N) is 1. The average Bonchev–Trinajstić information content (AvgIpc) is 2.88. The van der Waals surface area contributed by atoms with Gasteiger partial charge in [0.1, 0.15) is 5.75 Å². The van der Waals surface area contributed by atoms with E-state index >= 15 is 0 Å². The van der Waals surface area contributed by atoms with Crippen LogP contribution >= 0.6 is 0 Å². The van der Waals surface area contributed by atoms with E-state index in [1.165, 1.54) is 0 Å². The smallest absolute Gasteiger partial charge is 0.241 e. The Labute approximate surface area is 118 Å². The van der Waals surface area contributed by atoms with E-state index in [1.807, 2.05) is 0 Å². The highest BCUT2D eigenvalue weighted by Crippen LogP contribution is 2.25. The highest BCUT2D eigenvalue weighted by atomic mass is 32.2. The van der Waals surface area contributed by atoms with Crippen molar-refractivity contribution in [1.82, 2.24) is 14.9 Å². The van der Waals surface area contributed by atoms with Gasteiger partial charge in [-0.2, -0.15) is 5.10 Å². The molecule has 0 fully saturated rings. The molecule has 0 amide bonds. The van der Waals surface area contributed by atoms with Crippen LogP contribution in [0.15, 0.2) is 29.4 Å². The minimum absolute atomic E-state index is 0.198. The summed E-state index contributed by atoms with van der Waals surface area (Å²) in [6.45, 7) is 3.70. The van der Waals surface area contributed by atoms with E-state index in [4.69, 9.17) is 4.74 Å². The van der Waals surface area contributed by atoms with Crippen LogP contribution in [0.3, 0.4) is 0 Å². The molecule has 2 aromatic rings. The molecular weight excluding hydrogens is 278 g/mol. The Hall–Kier alpha value is -1.86. The van der Waals surface area contributed by atoms with Crippen molar-refractivity contribution in [1.29, 1.82) is 0 Å². The molecule has 2 N–H and O–H groups in total. The van der Waals surface area contributed by atoms with Gasteiger partial charge in [0.2, 0.25) is 10.0 Å². The second kappa shape index (κ2) is 5.64. The second-order valence-corrected chi connectivity index (χ2v) is 6.23. The van der Waals surface area contributed by atoms with E-state index in [0.717, 1.165) is 5.56 Å². The molecule has 7 heteroatoms. The molecule has 0 saturated carbocycles. The Kier molecular flexibility index (Phi) is 4.10. The van der Waals surface area contributed by atoms with Gasteiger partial charge >= 0.3 is 0 Å². The fourth-order valence-electron chi connectivity index (χ4n) is 2.08. The van der Waals surface area contributed by atoms with Crippen molar-refractivity contribution in [3.8, 4) is 5.75 Å². The molecule has 0 aliphatic rings. The van der Waals surface area contributed by atoms with Crippen molar-refractivity contribution in [2.24, 2.45) is 0 Å². The third-order valence-electron chi connectivity index (χ3n) is 2.96. The Balaban J connectivity index is 2.29. The molecule has 1 aromatic carbocycles. The van der Waals surface area contributed by atoms with Gasteiger partial charge in [-0.25, -0.2) is 13.1 Å². The average molecular weight is 295 g/mol. The fourth-order valence-corrected chi connectivity index (χ4v) is 3.54. The van der Waals surface area contributed by atoms with Crippen molar-refractivity contribution < 1.29 is 13.2 Å². The third-order valence-corrected chi connectivity index (χ3v) is 4.67. The lowest BCUT2D eigenvalue weighted by molar-refractivity contribution is 0.413. The van der Waals surface area contributed by atoms with Gasteiger partial charge in [-0.15, -0.1) is 0 Å². The Morgan fingerprint density at radius 2 is 1.95 bits per heavy atom. The molecule has 20 heavy (non-hydrogen) atoms. The van der Waals surface area contributed by atoms with Crippen molar-refractivity contribution in [2.75, 3.05) is 7.11 Å². The molecule has 108 valence electrons. The van der Waals surface area contributed by atoms with Crippen LogP contribution in [0.2, 0.25) is 0 Å². The standard InChI is InChI=1S/C13H17N3O3S/c1-9-4-12(19-3)5-10(2)13(9)20(17,18)16-8-11-6-14-15-7-11/h4-7,16H,8H2,1-3H3,(H,14,15). The van der Waals surface area contributed by atoms with Crippen LogP contribution in [0.25, 0.3) is 0 Å². The van der Waals surface area contributed by atoms with Crippen molar-refractivity contribution in [2.45, 2.75) is 25.3 Å². The normalized spacial score (nSPS) is 11.6. The summed E-state index contributed by atoms with van der Waals surface area (Å²) in [5.41, 5.74) is 2.08. The predicted octanol–water partition coefficient (Wildman–Crippen LogP) is 1.51. The van der Waals surface area contributed by atoms with Gasteiger partial charge in [-0.05, 0) is 37.1 Å². The summed E-state index contributed by atoms with van der Waals surface area (Å²) in [6, 6.07) is 3.42. The number of aromatic amines is 1. The first-order valence-electron chi connectivity index (χ1n) is 6.06. The summed E-state index contributed by atoms with van der Waals surface area (Å²) in [5, 5.41) is 6.42. The summed E-state index contributed by atoms with van der Waals surface area (Å²) in [7, 11) is -2.01. The summed E-state index contributed by atoms with van der Waals surface area (Å²) in [6.07, 6.45) is 3.23. The topological polar surface area (TPSA) is 84.1 Å². The third kappa shape index (κ3) is 3.00. The number of hydrogen-bond acceptors (Lipinski definition) is 4. The molecule has 0 radical (unpaired) electrons. The number of nitrogens with one attached hydrogen (secondary N) is 2. The summed E-state index contributed by atoms with van der Waals surface area (Å²) < 4.78 is 32.5. The molecule has 0 saturated heterocycles. The summed E-state index contributed by atoms with van der Waals surface area (Å²) >= 11 is 0. The van der Waals surface area contributed by atoms with E-state index < -0.39 is 10.0 Å². The van der Waals surface area contributed by atoms with E-state index in [-0.39, 0.29) is 6.54 Å². The molecule has 6 nitrogen and oxygen atoms in total. The Morgan fingerprint density at radius 3 is 2.45 bits per heavy atom. The van der Waals surface area contributed by atoms with Gasteiger partial charge in [-0.3, -0.25) is 5.10 Å². The molecule has 0 atom stereocenters. The maximum Gasteiger partial charge on any atom is 0.241 e. The van der Waals surface area contributed by atoms with Crippen molar-refractivity contribution in [3.63, 3.8) is 0 Å². The summed E-state index contributed by atoms with van der Waals surface area (Å²) in [4.78, 5) is 0.293. The highest BCUT2D eigenvalue weighted by molar-refractivity contribution is 7.89. The maximum absolute atomic E-state index is 12.4. The number of rotatable bonds is 5. The lowest BCUT2D eigenvalue weighted by Crippen LogP contribution is -2.24. The van der Waals surface area contributed by atoms with Crippen molar-refractivity contribution in [3.05, 3.63) is 41.2 Å². The van der Waals surface area contributed by atoms with E-state index in [9.17, 15) is 8.42 Å². The van der Waals surface area contributed by atoms with E-state index in [0.29, 0.717) is 21.8 Å². The quantitative estimate of drug-likeness (QED) is 0.876. The van der Waals surface area contributed by atoms with Crippen molar-refractivity contribution >= 4 is 10.0 Å². The molecule has 0 spiro atoms. The Morgan fingerprint density at radius 1 is 1.30 bits per heavy atom. The van der Waals surface area contributed by atoms with Gasteiger partial charge in [0.15, 0.2) is 0 Å². The minimum atomic E-state index is -3.57. The number of H-pyrrole nitrogens is 1. The van der Waals surface area contributed by atoms with Gasteiger partial charge in [0.25, 0.3) is 0 Å². The fraction of sp³-hybridized carbons (Fsp3) is 0.308. The first kappa shape index (κ1) is 14.5. The van der Waals surface area contributed by atoms with Crippen LogP contribution in [0, 0.1) is 13.8 Å². The number of benzene rings is 1. The zero-order chi connectivity index (χ0) is 14.8. The monoisotopic (exact) mass is 295 g/mol. The number of methoxy groups -OCH3 is 1. The largest absolute Gasteiger partial charge is 0.497 e. The molecule has 0 unspecified atom stereocenters. The maximum atomic E-state index is 12.4. The van der Waals surface area contributed by atoms with Gasteiger partial charge in [-0.1, -0.05) is 0 Å². The van der Waals surface area contributed by atoms with Crippen LogP contribution in [0.5, 0.6) is 5.75 Å². The van der Waals surface area contributed by atoms with Crippen LogP contribution in [-0.2, 0) is 16.6 Å². The summed E-state index contributed by atoms with van der Waals surface area (Å²) in [5.74, 6) is 0.647. The van der Waals surface area contributed by atoms with E-state index in [2.05, 4.69) is 14.9 Å². The molecule has 0 bridgehead atoms. The minimum Gasteiger partial charge on any atom is -0.497 e. The lowest BCUT2D eigenvalue weighted by atomic mass is 10.1. The predicted molar refractivity (Wildman–Crippen MR) is 75.1 cm³/mol. The second-order valence-electron chi connectivity index (χ2n) is 4.52. The number of aryl methyl sites for hydroxylation is 2. The zero-order valence-electron chi connectivity index (χ0n) is 11.6.